The molecule has 1 heterocycles. The normalized spacial score (nSPS) is 13.4. The van der Waals surface area contributed by atoms with E-state index >= 15 is 0 Å². The van der Waals surface area contributed by atoms with Crippen LogP contribution in [0.5, 0.6) is 11.5 Å². The van der Waals surface area contributed by atoms with Crippen molar-refractivity contribution in [3.8, 4) is 11.5 Å². The molecule has 0 radical (unpaired) electrons. The summed E-state index contributed by atoms with van der Waals surface area (Å²) >= 11 is 1.54. The van der Waals surface area contributed by atoms with Crippen molar-refractivity contribution in [2.45, 2.75) is 25.7 Å². The summed E-state index contributed by atoms with van der Waals surface area (Å²) in [5, 5.41) is 23.0. The molecule has 0 spiro atoms. The number of benzene rings is 2. The zero-order valence-electron chi connectivity index (χ0n) is 15.2. The van der Waals surface area contributed by atoms with Gasteiger partial charge in [-0.3, -0.25) is 4.79 Å². The lowest BCUT2D eigenvalue weighted by atomic mass is 9.95. The Labute approximate surface area is 167 Å². The zero-order valence-corrected chi connectivity index (χ0v) is 16.0. The second-order valence-corrected chi connectivity index (χ2v) is 7.80. The van der Waals surface area contributed by atoms with Crippen LogP contribution in [0.1, 0.15) is 39.2 Å². The molecule has 1 aromatic heterocycles. The average Bonchev–Trinajstić information content (AvgIpc) is 3.06. The van der Waals surface area contributed by atoms with Crippen molar-refractivity contribution in [2.24, 2.45) is 4.99 Å². The highest BCUT2D eigenvalue weighted by atomic mass is 32.1. The SMILES string of the molecule is O=C(Nc1ccccc1)c1c(N=Cc2ccc(O)cc2O)sc2c1CCCC2. The van der Waals surface area contributed by atoms with Crippen molar-refractivity contribution < 1.29 is 15.0 Å². The number of thiophene rings is 1. The van der Waals surface area contributed by atoms with Crippen LogP contribution in [0.3, 0.4) is 0 Å². The molecule has 0 aliphatic heterocycles. The van der Waals surface area contributed by atoms with Gasteiger partial charge in [-0.15, -0.1) is 11.3 Å². The summed E-state index contributed by atoms with van der Waals surface area (Å²) in [6.45, 7) is 0. The number of aliphatic imine (C=N–C) groups is 1. The van der Waals surface area contributed by atoms with Crippen molar-refractivity contribution in [3.05, 3.63) is 70.1 Å². The summed E-state index contributed by atoms with van der Waals surface area (Å²) < 4.78 is 0. The van der Waals surface area contributed by atoms with Crippen molar-refractivity contribution in [1.29, 1.82) is 0 Å². The van der Waals surface area contributed by atoms with Crippen LogP contribution in [-0.2, 0) is 12.8 Å². The number of aryl methyl sites for hydroxylation is 1. The topological polar surface area (TPSA) is 81.9 Å². The predicted octanol–water partition coefficient (Wildman–Crippen LogP) is 5.04. The smallest absolute Gasteiger partial charge is 0.259 e. The Bertz CT molecular complexity index is 1040. The second kappa shape index (κ2) is 7.86. The van der Waals surface area contributed by atoms with E-state index in [0.717, 1.165) is 36.9 Å². The van der Waals surface area contributed by atoms with Crippen LogP contribution in [0.2, 0.25) is 0 Å². The Hall–Kier alpha value is -3.12. The van der Waals surface area contributed by atoms with Gasteiger partial charge in [-0.2, -0.15) is 0 Å². The maximum absolute atomic E-state index is 13.0. The van der Waals surface area contributed by atoms with Gasteiger partial charge in [0, 0.05) is 28.4 Å². The van der Waals surface area contributed by atoms with Gasteiger partial charge in [0.25, 0.3) is 5.91 Å². The van der Waals surface area contributed by atoms with Crippen LogP contribution >= 0.6 is 11.3 Å². The minimum absolute atomic E-state index is 0.0100. The zero-order chi connectivity index (χ0) is 19.5. The molecule has 4 rings (SSSR count). The molecule has 1 amide bonds. The first-order chi connectivity index (χ1) is 13.6. The van der Waals surface area contributed by atoms with Crippen LogP contribution in [-0.4, -0.2) is 22.3 Å². The number of rotatable bonds is 4. The highest BCUT2D eigenvalue weighted by Crippen LogP contribution is 2.40. The minimum Gasteiger partial charge on any atom is -0.508 e. The van der Waals surface area contributed by atoms with E-state index in [9.17, 15) is 15.0 Å². The number of carbonyl (C=O) groups is 1. The Balaban J connectivity index is 1.69. The van der Waals surface area contributed by atoms with Gasteiger partial charge in [0.05, 0.1) is 5.56 Å². The lowest BCUT2D eigenvalue weighted by molar-refractivity contribution is 0.102. The third-order valence-electron chi connectivity index (χ3n) is 4.75. The molecule has 0 unspecified atom stereocenters. The van der Waals surface area contributed by atoms with Crippen LogP contribution in [0, 0.1) is 0 Å². The van der Waals surface area contributed by atoms with E-state index in [-0.39, 0.29) is 17.4 Å². The number of nitrogens with one attached hydrogen (secondary N) is 1. The van der Waals surface area contributed by atoms with E-state index in [2.05, 4.69) is 10.3 Å². The largest absolute Gasteiger partial charge is 0.508 e. The highest BCUT2D eigenvalue weighted by molar-refractivity contribution is 7.16. The average molecular weight is 392 g/mol. The molecule has 1 aliphatic rings. The maximum Gasteiger partial charge on any atom is 0.259 e. The van der Waals surface area contributed by atoms with E-state index < -0.39 is 0 Å². The molecule has 6 heteroatoms. The Morgan fingerprint density at radius 2 is 1.86 bits per heavy atom. The summed E-state index contributed by atoms with van der Waals surface area (Å²) in [7, 11) is 0. The minimum atomic E-state index is -0.160. The molecular formula is C22H20N2O3S. The molecule has 0 bridgehead atoms. The third kappa shape index (κ3) is 3.77. The first-order valence-corrected chi connectivity index (χ1v) is 10.0. The van der Waals surface area contributed by atoms with Gasteiger partial charge >= 0.3 is 0 Å². The predicted molar refractivity (Wildman–Crippen MR) is 112 cm³/mol. The monoisotopic (exact) mass is 392 g/mol. The number of phenolic OH excluding ortho intramolecular Hbond substituents is 2. The summed E-state index contributed by atoms with van der Waals surface area (Å²) in [5.74, 6) is -0.225. The van der Waals surface area contributed by atoms with Gasteiger partial charge in [-0.1, -0.05) is 18.2 Å². The van der Waals surface area contributed by atoms with Crippen molar-refractivity contribution in [3.63, 3.8) is 0 Å². The Kier molecular flexibility index (Phi) is 5.12. The molecule has 2 aromatic carbocycles. The standard InChI is InChI=1S/C22H20N2O3S/c25-16-11-10-14(18(26)12-16)13-23-22-20(17-8-4-5-9-19(17)28-22)21(27)24-15-6-2-1-3-7-15/h1-3,6-7,10-13,25-26H,4-5,8-9H2,(H,24,27). The van der Waals surface area contributed by atoms with Gasteiger partial charge in [0.2, 0.25) is 0 Å². The molecule has 0 saturated heterocycles. The van der Waals surface area contributed by atoms with E-state index in [1.165, 1.54) is 34.6 Å². The fourth-order valence-electron chi connectivity index (χ4n) is 3.36. The van der Waals surface area contributed by atoms with Gasteiger partial charge in [-0.25, -0.2) is 4.99 Å². The third-order valence-corrected chi connectivity index (χ3v) is 5.95. The van der Waals surface area contributed by atoms with Crippen LogP contribution < -0.4 is 5.32 Å². The first kappa shape index (κ1) is 18.3. The summed E-state index contributed by atoms with van der Waals surface area (Å²) in [6, 6.07) is 13.7. The lowest BCUT2D eigenvalue weighted by Crippen LogP contribution is -2.14. The Morgan fingerprint density at radius 1 is 1.07 bits per heavy atom. The van der Waals surface area contributed by atoms with Crippen molar-refractivity contribution in [1.82, 2.24) is 0 Å². The molecule has 28 heavy (non-hydrogen) atoms. The fraction of sp³-hybridized carbons (Fsp3) is 0.182. The van der Waals surface area contributed by atoms with E-state index in [1.807, 2.05) is 30.3 Å². The molecule has 3 N–H and O–H groups in total. The number of phenols is 2. The van der Waals surface area contributed by atoms with Gasteiger partial charge in [0.1, 0.15) is 16.5 Å². The first-order valence-electron chi connectivity index (χ1n) is 9.19. The lowest BCUT2D eigenvalue weighted by Gasteiger charge is -2.12. The number of hydrogen-bond acceptors (Lipinski definition) is 5. The molecule has 3 aromatic rings. The fourth-order valence-corrected chi connectivity index (χ4v) is 4.59. The Morgan fingerprint density at radius 3 is 2.64 bits per heavy atom. The highest BCUT2D eigenvalue weighted by Gasteiger charge is 2.25. The number of para-hydroxylation sites is 1. The van der Waals surface area contributed by atoms with Gasteiger partial charge < -0.3 is 15.5 Å². The molecule has 0 atom stereocenters. The molecule has 0 saturated carbocycles. The molecular weight excluding hydrogens is 372 g/mol. The number of carbonyl (C=O) groups excluding carboxylic acids is 1. The summed E-state index contributed by atoms with van der Waals surface area (Å²) in [6.07, 6.45) is 5.56. The van der Waals surface area contributed by atoms with E-state index in [1.54, 1.807) is 6.07 Å². The quantitative estimate of drug-likeness (QED) is 0.544. The molecule has 0 fully saturated rings. The number of aromatic hydroxyl groups is 2. The van der Waals surface area contributed by atoms with Crippen LogP contribution in [0.25, 0.3) is 0 Å². The van der Waals surface area contributed by atoms with Crippen molar-refractivity contribution >= 4 is 34.1 Å². The number of nitrogens with zero attached hydrogens (tertiary/aromatic N) is 1. The van der Waals surface area contributed by atoms with Crippen molar-refractivity contribution in [2.75, 3.05) is 5.32 Å². The van der Waals surface area contributed by atoms with E-state index in [0.29, 0.717) is 16.1 Å². The number of anilines is 1. The van der Waals surface area contributed by atoms with E-state index in [4.69, 9.17) is 0 Å². The molecule has 1 aliphatic carbocycles. The van der Waals surface area contributed by atoms with Crippen LogP contribution in [0.4, 0.5) is 10.7 Å². The molecule has 142 valence electrons. The van der Waals surface area contributed by atoms with Gasteiger partial charge in [-0.05, 0) is 55.5 Å². The van der Waals surface area contributed by atoms with Crippen LogP contribution in [0.15, 0.2) is 53.5 Å². The second-order valence-electron chi connectivity index (χ2n) is 6.71. The summed E-state index contributed by atoms with van der Waals surface area (Å²) in [4.78, 5) is 18.8. The summed E-state index contributed by atoms with van der Waals surface area (Å²) in [5.41, 5.74) is 2.94. The molecule has 5 nitrogen and oxygen atoms in total. The maximum atomic E-state index is 13.0. The number of fused-ring (bicyclic) bond motifs is 1. The van der Waals surface area contributed by atoms with Gasteiger partial charge in [0.15, 0.2) is 0 Å². The number of amides is 1. The number of hydrogen-bond donors (Lipinski definition) is 3.